The lowest BCUT2D eigenvalue weighted by Crippen LogP contribution is -2.28. The Hall–Kier alpha value is -1.37. The number of carbonyl (C=O) groups excluding carboxylic acids is 1. The molecule has 4 N–H and O–H groups in total. The summed E-state index contributed by atoms with van der Waals surface area (Å²) in [5.74, 6) is -0.650. The van der Waals surface area contributed by atoms with Gasteiger partial charge in [0.15, 0.2) is 6.23 Å². The van der Waals surface area contributed by atoms with Gasteiger partial charge in [-0.2, -0.15) is 0 Å². The van der Waals surface area contributed by atoms with Crippen LogP contribution >= 0.6 is 0 Å². The number of amides is 1. The lowest BCUT2D eigenvalue weighted by atomic mass is 10.2. The second-order valence-corrected chi connectivity index (χ2v) is 3.43. The van der Waals surface area contributed by atoms with E-state index in [0.717, 1.165) is 0 Å². The summed E-state index contributed by atoms with van der Waals surface area (Å²) in [4.78, 5) is 11.0. The van der Waals surface area contributed by atoms with Gasteiger partial charge in [-0.15, -0.1) is 0 Å². The number of aliphatic hydroxyl groups excluding tert-OH is 2. The molecule has 0 aliphatic rings. The molecule has 0 fully saturated rings. The highest BCUT2D eigenvalue weighted by atomic mass is 16.5. The number of methoxy groups -OCH3 is 1. The number of rotatable bonds is 6. The molecule has 6 nitrogen and oxygen atoms in total. The van der Waals surface area contributed by atoms with Gasteiger partial charge in [0.1, 0.15) is 11.8 Å². The van der Waals surface area contributed by atoms with E-state index in [9.17, 15) is 15.0 Å². The Morgan fingerprint density at radius 2 is 2.31 bits per heavy atom. The normalized spacial score (nSPS) is 14.7. The van der Waals surface area contributed by atoms with E-state index in [0.29, 0.717) is 6.61 Å². The Morgan fingerprint density at radius 1 is 1.62 bits per heavy atom. The van der Waals surface area contributed by atoms with Crippen LogP contribution in [0.2, 0.25) is 0 Å². The van der Waals surface area contributed by atoms with E-state index < -0.39 is 18.2 Å². The molecule has 90 valence electrons. The Morgan fingerprint density at radius 3 is 2.88 bits per heavy atom. The highest BCUT2D eigenvalue weighted by molar-refractivity contribution is 5.91. The second kappa shape index (κ2) is 5.64. The van der Waals surface area contributed by atoms with Gasteiger partial charge in [-0.25, -0.2) is 0 Å². The van der Waals surface area contributed by atoms with E-state index in [1.807, 2.05) is 0 Å². The number of primary amides is 1. The first-order valence-corrected chi connectivity index (χ1v) is 4.89. The van der Waals surface area contributed by atoms with Crippen LogP contribution in [0, 0.1) is 0 Å². The zero-order valence-corrected chi connectivity index (χ0v) is 9.04. The molecule has 0 saturated heterocycles. The van der Waals surface area contributed by atoms with E-state index in [2.05, 4.69) is 0 Å². The quantitative estimate of drug-likeness (QED) is 0.610. The number of carbonyl (C=O) groups is 1. The summed E-state index contributed by atoms with van der Waals surface area (Å²) in [6.07, 6.45) is -0.451. The lowest BCUT2D eigenvalue weighted by Gasteiger charge is -2.20. The maximum absolute atomic E-state index is 11.0. The summed E-state index contributed by atoms with van der Waals surface area (Å²) < 4.78 is 6.02. The molecule has 1 rings (SSSR count). The van der Waals surface area contributed by atoms with Gasteiger partial charge in [0.05, 0.1) is 0 Å². The third-order valence-electron chi connectivity index (χ3n) is 2.28. The molecule has 1 aromatic heterocycles. The number of nitrogens with zero attached hydrogens (tertiary/aromatic N) is 1. The standard InChI is InChI=1S/C10H16N2O4/c1-16-6-4-8(13)10(15)12-5-2-3-7(12)9(11)14/h2-3,5,8,10,13,15H,4,6H2,1H3,(H2,11,14). The van der Waals surface area contributed by atoms with E-state index in [1.54, 1.807) is 6.07 Å². The number of aliphatic hydroxyl groups is 2. The van der Waals surface area contributed by atoms with E-state index in [4.69, 9.17) is 10.5 Å². The maximum atomic E-state index is 11.0. The monoisotopic (exact) mass is 228 g/mol. The van der Waals surface area contributed by atoms with Crippen LogP contribution in [0.15, 0.2) is 18.3 Å². The van der Waals surface area contributed by atoms with Crippen molar-refractivity contribution in [2.24, 2.45) is 5.73 Å². The van der Waals surface area contributed by atoms with Crippen molar-refractivity contribution in [3.63, 3.8) is 0 Å². The predicted octanol–water partition coefficient (Wildman–Crippen LogP) is -0.525. The second-order valence-electron chi connectivity index (χ2n) is 3.43. The molecule has 16 heavy (non-hydrogen) atoms. The molecule has 0 aromatic carbocycles. The smallest absolute Gasteiger partial charge is 0.265 e. The first-order valence-electron chi connectivity index (χ1n) is 4.89. The SMILES string of the molecule is COCCC(O)C(O)n1cccc1C(N)=O. The van der Waals surface area contributed by atoms with Gasteiger partial charge in [-0.05, 0) is 12.1 Å². The van der Waals surface area contributed by atoms with Gasteiger partial charge in [-0.3, -0.25) is 4.79 Å². The molecule has 1 aromatic rings. The van der Waals surface area contributed by atoms with Gasteiger partial charge in [0.25, 0.3) is 5.91 Å². The summed E-state index contributed by atoms with van der Waals surface area (Å²) in [6.45, 7) is 0.325. The van der Waals surface area contributed by atoms with Crippen LogP contribution in [-0.2, 0) is 4.74 Å². The van der Waals surface area contributed by atoms with Gasteiger partial charge >= 0.3 is 0 Å². The lowest BCUT2D eigenvalue weighted by molar-refractivity contribution is -0.0418. The first-order chi connectivity index (χ1) is 7.57. The molecule has 1 heterocycles. The third kappa shape index (κ3) is 2.82. The molecule has 0 radical (unpaired) electrons. The molecule has 0 aliphatic carbocycles. The third-order valence-corrected chi connectivity index (χ3v) is 2.28. The molecular formula is C10H16N2O4. The first kappa shape index (κ1) is 12.7. The molecule has 2 unspecified atom stereocenters. The van der Waals surface area contributed by atoms with Crippen molar-refractivity contribution in [2.45, 2.75) is 18.8 Å². The summed E-state index contributed by atoms with van der Waals surface area (Å²) >= 11 is 0. The zero-order valence-electron chi connectivity index (χ0n) is 9.04. The minimum Gasteiger partial charge on any atom is -0.388 e. The van der Waals surface area contributed by atoms with Crippen molar-refractivity contribution in [3.05, 3.63) is 24.0 Å². The molecule has 2 atom stereocenters. The molecule has 0 bridgehead atoms. The van der Waals surface area contributed by atoms with E-state index in [-0.39, 0.29) is 12.1 Å². The predicted molar refractivity (Wildman–Crippen MR) is 56.7 cm³/mol. The fourth-order valence-corrected chi connectivity index (χ4v) is 1.41. The van der Waals surface area contributed by atoms with Crippen LogP contribution in [-0.4, -0.2) is 40.5 Å². The number of ether oxygens (including phenoxy) is 1. The molecule has 0 spiro atoms. The van der Waals surface area contributed by atoms with Crippen LogP contribution in [0.4, 0.5) is 0 Å². The van der Waals surface area contributed by atoms with Crippen molar-refractivity contribution in [1.82, 2.24) is 4.57 Å². The highest BCUT2D eigenvalue weighted by Gasteiger charge is 2.20. The fourth-order valence-electron chi connectivity index (χ4n) is 1.41. The number of nitrogens with two attached hydrogens (primary N) is 1. The van der Waals surface area contributed by atoms with Crippen molar-refractivity contribution in [1.29, 1.82) is 0 Å². The van der Waals surface area contributed by atoms with E-state index in [1.165, 1.54) is 23.9 Å². The Labute approximate surface area is 93.2 Å². The largest absolute Gasteiger partial charge is 0.388 e. The van der Waals surface area contributed by atoms with E-state index >= 15 is 0 Å². The Balaban J connectivity index is 2.75. The molecule has 0 saturated carbocycles. The van der Waals surface area contributed by atoms with Gasteiger partial charge in [0.2, 0.25) is 0 Å². The maximum Gasteiger partial charge on any atom is 0.265 e. The minimum atomic E-state index is -1.20. The summed E-state index contributed by atoms with van der Waals surface area (Å²) in [5.41, 5.74) is 5.28. The fraction of sp³-hybridized carbons (Fsp3) is 0.500. The van der Waals surface area contributed by atoms with Crippen molar-refractivity contribution < 1.29 is 19.7 Å². The van der Waals surface area contributed by atoms with Crippen LogP contribution in [0.3, 0.4) is 0 Å². The summed E-state index contributed by atoms with van der Waals surface area (Å²) in [7, 11) is 1.50. The molecular weight excluding hydrogens is 212 g/mol. The Kier molecular flexibility index (Phi) is 4.48. The topological polar surface area (TPSA) is 97.7 Å². The summed E-state index contributed by atoms with van der Waals surface area (Å²) in [5, 5.41) is 19.4. The minimum absolute atomic E-state index is 0.156. The average molecular weight is 228 g/mol. The number of hydrogen-bond acceptors (Lipinski definition) is 4. The highest BCUT2D eigenvalue weighted by Crippen LogP contribution is 2.15. The number of hydrogen-bond donors (Lipinski definition) is 3. The molecule has 0 aliphatic heterocycles. The number of aromatic nitrogens is 1. The van der Waals surface area contributed by atoms with Crippen molar-refractivity contribution >= 4 is 5.91 Å². The molecule has 1 amide bonds. The van der Waals surface area contributed by atoms with Crippen molar-refractivity contribution in [2.75, 3.05) is 13.7 Å². The van der Waals surface area contributed by atoms with Crippen LogP contribution in [0.25, 0.3) is 0 Å². The Bertz CT molecular complexity index is 350. The van der Waals surface area contributed by atoms with Gasteiger partial charge in [0, 0.05) is 26.3 Å². The van der Waals surface area contributed by atoms with Crippen LogP contribution in [0.1, 0.15) is 23.1 Å². The zero-order chi connectivity index (χ0) is 12.1. The van der Waals surface area contributed by atoms with Crippen LogP contribution in [0.5, 0.6) is 0 Å². The summed E-state index contributed by atoms with van der Waals surface area (Å²) in [6, 6.07) is 3.06. The molecule has 6 heteroatoms. The van der Waals surface area contributed by atoms with Gasteiger partial charge in [-0.1, -0.05) is 0 Å². The average Bonchev–Trinajstić information content (AvgIpc) is 2.73. The van der Waals surface area contributed by atoms with Gasteiger partial charge < -0.3 is 25.3 Å². The van der Waals surface area contributed by atoms with Crippen LogP contribution < -0.4 is 5.73 Å². The van der Waals surface area contributed by atoms with Crippen molar-refractivity contribution in [3.8, 4) is 0 Å².